The van der Waals surface area contributed by atoms with Crippen LogP contribution in [0.25, 0.3) is 23.1 Å². The lowest BCUT2D eigenvalue weighted by Gasteiger charge is -2.07. The first-order valence-electron chi connectivity index (χ1n) is 11.5. The summed E-state index contributed by atoms with van der Waals surface area (Å²) < 4.78 is 11.8. The number of aromatic amines is 1. The normalized spacial score (nSPS) is 11.2. The minimum atomic E-state index is 0.425. The van der Waals surface area contributed by atoms with Gasteiger partial charge in [-0.3, -0.25) is 0 Å². The number of pyridine rings is 1. The summed E-state index contributed by atoms with van der Waals surface area (Å²) in [5, 5.41) is 15.0. The fraction of sp³-hybridized carbons (Fsp3) is 0.143. The molecule has 0 aliphatic heterocycles. The third kappa shape index (κ3) is 6.29. The Balaban J connectivity index is 1.12. The second-order valence-corrected chi connectivity index (χ2v) is 8.04. The van der Waals surface area contributed by atoms with Crippen LogP contribution in [-0.2, 0) is 13.0 Å². The molecule has 0 fully saturated rings. The number of rotatable bonds is 10. The summed E-state index contributed by atoms with van der Waals surface area (Å²) in [5.74, 6) is 2.36. The van der Waals surface area contributed by atoms with Gasteiger partial charge < -0.3 is 9.47 Å². The lowest BCUT2D eigenvalue weighted by Crippen LogP contribution is -2.00. The summed E-state index contributed by atoms with van der Waals surface area (Å²) >= 11 is 0. The van der Waals surface area contributed by atoms with Gasteiger partial charge in [-0.15, -0.1) is 10.2 Å². The Morgan fingerprint density at radius 1 is 0.771 bits per heavy atom. The van der Waals surface area contributed by atoms with Crippen molar-refractivity contribution in [3.05, 3.63) is 108 Å². The maximum absolute atomic E-state index is 5.99. The number of hydrogen-bond donors (Lipinski definition) is 1. The summed E-state index contributed by atoms with van der Waals surface area (Å²) in [6.45, 7) is 1.03. The van der Waals surface area contributed by atoms with E-state index in [1.165, 1.54) is 0 Å². The summed E-state index contributed by atoms with van der Waals surface area (Å²) in [5.41, 5.74) is 4.04. The van der Waals surface area contributed by atoms with Crippen molar-refractivity contribution in [3.63, 3.8) is 0 Å². The Kier molecular flexibility index (Phi) is 7.05. The minimum absolute atomic E-state index is 0.425. The molecule has 2 heterocycles. The van der Waals surface area contributed by atoms with Gasteiger partial charge in [0, 0.05) is 11.8 Å². The number of tetrazole rings is 1. The molecule has 0 spiro atoms. The number of fused-ring (bicyclic) bond motifs is 1. The number of aromatic nitrogens is 5. The Labute approximate surface area is 203 Å². The van der Waals surface area contributed by atoms with E-state index in [-0.39, 0.29) is 0 Å². The summed E-state index contributed by atoms with van der Waals surface area (Å²) in [6, 6.07) is 28.2. The van der Waals surface area contributed by atoms with Crippen LogP contribution in [0.3, 0.4) is 0 Å². The molecule has 1 N–H and O–H groups in total. The van der Waals surface area contributed by atoms with Crippen LogP contribution in [0.2, 0.25) is 0 Å². The minimum Gasteiger partial charge on any atom is -0.494 e. The largest absolute Gasteiger partial charge is 0.494 e. The van der Waals surface area contributed by atoms with Gasteiger partial charge in [0.05, 0.1) is 17.8 Å². The van der Waals surface area contributed by atoms with Crippen LogP contribution in [0.4, 0.5) is 0 Å². The van der Waals surface area contributed by atoms with Gasteiger partial charge in [-0.2, -0.15) is 5.21 Å². The number of para-hydroxylation sites is 1. The first-order chi connectivity index (χ1) is 17.3. The first-order valence-corrected chi connectivity index (χ1v) is 11.5. The van der Waals surface area contributed by atoms with Gasteiger partial charge in [-0.1, -0.05) is 65.9 Å². The quantitative estimate of drug-likeness (QED) is 0.217. The molecule has 0 aliphatic carbocycles. The third-order valence-electron chi connectivity index (χ3n) is 5.45. The predicted octanol–water partition coefficient (Wildman–Crippen LogP) is 5.51. The number of aryl methyl sites for hydroxylation is 1. The highest BCUT2D eigenvalue weighted by atomic mass is 16.5. The monoisotopic (exact) mass is 463 g/mol. The molecular weight excluding hydrogens is 438 g/mol. The predicted molar refractivity (Wildman–Crippen MR) is 136 cm³/mol. The van der Waals surface area contributed by atoms with Gasteiger partial charge in [-0.05, 0) is 53.9 Å². The molecular formula is C28H25N5O2. The summed E-state index contributed by atoms with van der Waals surface area (Å²) in [7, 11) is 0. The van der Waals surface area contributed by atoms with Gasteiger partial charge in [0.1, 0.15) is 18.1 Å². The van der Waals surface area contributed by atoms with Crippen molar-refractivity contribution in [1.29, 1.82) is 0 Å². The van der Waals surface area contributed by atoms with Crippen LogP contribution in [-0.4, -0.2) is 32.2 Å². The van der Waals surface area contributed by atoms with E-state index < -0.39 is 0 Å². The molecule has 2 aromatic heterocycles. The molecule has 35 heavy (non-hydrogen) atoms. The van der Waals surface area contributed by atoms with E-state index in [1.54, 1.807) is 0 Å². The molecule has 174 valence electrons. The second-order valence-electron chi connectivity index (χ2n) is 8.04. The van der Waals surface area contributed by atoms with Gasteiger partial charge >= 0.3 is 0 Å². The smallest absolute Gasteiger partial charge is 0.174 e. The molecule has 0 atom stereocenters. The van der Waals surface area contributed by atoms with E-state index in [4.69, 9.17) is 9.47 Å². The van der Waals surface area contributed by atoms with Gasteiger partial charge in [0.25, 0.3) is 0 Å². The van der Waals surface area contributed by atoms with Crippen molar-refractivity contribution in [2.24, 2.45) is 0 Å². The molecule has 0 radical (unpaired) electrons. The molecule has 0 unspecified atom stereocenters. The highest BCUT2D eigenvalue weighted by molar-refractivity contribution is 5.78. The highest BCUT2D eigenvalue weighted by Gasteiger charge is 2.02. The maximum atomic E-state index is 5.99. The molecule has 0 amide bonds. The number of benzene rings is 3. The number of nitrogens with zero attached hydrogens (tertiary/aromatic N) is 4. The fourth-order valence-corrected chi connectivity index (χ4v) is 3.63. The average molecular weight is 464 g/mol. The molecule has 5 aromatic rings. The molecule has 5 rings (SSSR count). The number of H-pyrrole nitrogens is 1. The van der Waals surface area contributed by atoms with E-state index in [0.29, 0.717) is 19.0 Å². The van der Waals surface area contributed by atoms with Crippen LogP contribution >= 0.6 is 0 Å². The standard InChI is InChI=1S/C28H25N5O2/c1-2-8-27-23(6-1)14-15-24(29-27)20-35-26-7-3-5-22(19-26)11-10-21-12-16-25(17-13-21)34-18-4-9-28-30-32-33-31-28/h1-3,5-8,10-17,19H,4,9,18,20H2,(H,30,31,32,33). The van der Waals surface area contributed by atoms with Gasteiger partial charge in [-0.25, -0.2) is 4.98 Å². The van der Waals surface area contributed by atoms with E-state index in [9.17, 15) is 0 Å². The van der Waals surface area contributed by atoms with Crippen molar-refractivity contribution in [3.8, 4) is 11.5 Å². The molecule has 0 saturated heterocycles. The number of hydrogen-bond acceptors (Lipinski definition) is 6. The van der Waals surface area contributed by atoms with Crippen molar-refractivity contribution in [2.45, 2.75) is 19.4 Å². The Morgan fingerprint density at radius 3 is 2.54 bits per heavy atom. The van der Waals surface area contributed by atoms with Crippen LogP contribution in [0.5, 0.6) is 11.5 Å². The lowest BCUT2D eigenvalue weighted by atomic mass is 10.1. The summed E-state index contributed by atoms with van der Waals surface area (Å²) in [4.78, 5) is 4.67. The van der Waals surface area contributed by atoms with Gasteiger partial charge in [0.15, 0.2) is 5.82 Å². The highest BCUT2D eigenvalue weighted by Crippen LogP contribution is 2.19. The van der Waals surface area contributed by atoms with E-state index >= 15 is 0 Å². The van der Waals surface area contributed by atoms with Crippen LogP contribution < -0.4 is 9.47 Å². The topological polar surface area (TPSA) is 85.8 Å². The lowest BCUT2D eigenvalue weighted by molar-refractivity contribution is 0.302. The first kappa shape index (κ1) is 22.3. The molecule has 0 aliphatic rings. The zero-order chi connectivity index (χ0) is 23.7. The van der Waals surface area contributed by atoms with Crippen LogP contribution in [0, 0.1) is 0 Å². The zero-order valence-corrected chi connectivity index (χ0v) is 19.2. The molecule has 0 bridgehead atoms. The molecule has 0 saturated carbocycles. The fourth-order valence-electron chi connectivity index (χ4n) is 3.63. The third-order valence-corrected chi connectivity index (χ3v) is 5.45. The summed E-state index contributed by atoms with van der Waals surface area (Å²) in [6.07, 6.45) is 5.71. The van der Waals surface area contributed by atoms with E-state index in [2.05, 4.69) is 56.0 Å². The number of ether oxygens (including phenoxy) is 2. The van der Waals surface area contributed by atoms with Gasteiger partial charge in [0.2, 0.25) is 0 Å². The van der Waals surface area contributed by atoms with Crippen LogP contribution in [0.1, 0.15) is 29.1 Å². The van der Waals surface area contributed by atoms with E-state index in [1.807, 2.05) is 66.7 Å². The molecule has 7 heteroatoms. The van der Waals surface area contributed by atoms with Crippen molar-refractivity contribution in [2.75, 3.05) is 6.61 Å². The average Bonchev–Trinajstić information content (AvgIpc) is 3.43. The Hall–Kier alpha value is -4.52. The second kappa shape index (κ2) is 11.1. The van der Waals surface area contributed by atoms with Crippen LogP contribution in [0.15, 0.2) is 84.9 Å². The van der Waals surface area contributed by atoms with Crippen molar-refractivity contribution in [1.82, 2.24) is 25.6 Å². The maximum Gasteiger partial charge on any atom is 0.174 e. The zero-order valence-electron chi connectivity index (χ0n) is 19.2. The Bertz CT molecular complexity index is 1400. The van der Waals surface area contributed by atoms with Crippen molar-refractivity contribution >= 4 is 23.1 Å². The molecule has 3 aromatic carbocycles. The number of nitrogens with one attached hydrogen (secondary N) is 1. The Morgan fingerprint density at radius 2 is 1.66 bits per heavy atom. The molecule has 7 nitrogen and oxygen atoms in total. The van der Waals surface area contributed by atoms with E-state index in [0.717, 1.165) is 52.1 Å². The van der Waals surface area contributed by atoms with Crippen molar-refractivity contribution < 1.29 is 9.47 Å². The SMILES string of the molecule is C(=Cc1cccc(OCc2ccc3ccccc3n2)c1)c1ccc(OCCCc2nn[nH]n2)cc1.